The first-order valence-electron chi connectivity index (χ1n) is 10.4. The monoisotopic (exact) mass is 419 g/mol. The van der Waals surface area contributed by atoms with Crippen molar-refractivity contribution >= 4 is 28.7 Å². The first-order valence-corrected chi connectivity index (χ1v) is 10.4. The largest absolute Gasteiger partial charge is 0.488 e. The van der Waals surface area contributed by atoms with Crippen molar-refractivity contribution < 1.29 is 14.3 Å². The number of cyclic esters (lactones) is 1. The minimum atomic E-state index is -0.471. The molecule has 0 N–H and O–H groups in total. The Hall–Kier alpha value is -4.18. The molecular weight excluding hydrogens is 398 g/mol. The van der Waals surface area contributed by atoms with Crippen molar-refractivity contribution in [2.24, 2.45) is 4.99 Å². The van der Waals surface area contributed by atoms with E-state index in [0.717, 1.165) is 27.5 Å². The average Bonchev–Trinajstić information content (AvgIpc) is 3.19. The number of hydrogen-bond donors (Lipinski definition) is 0. The van der Waals surface area contributed by atoms with Crippen molar-refractivity contribution in [3.8, 4) is 5.75 Å². The van der Waals surface area contributed by atoms with Crippen molar-refractivity contribution in [1.29, 1.82) is 0 Å². The Morgan fingerprint density at radius 3 is 2.47 bits per heavy atom. The molecule has 4 aromatic rings. The van der Waals surface area contributed by atoms with Crippen LogP contribution in [0.4, 0.5) is 0 Å². The molecule has 5 rings (SSSR count). The van der Waals surface area contributed by atoms with Crippen LogP contribution in [-0.2, 0) is 16.1 Å². The molecule has 1 heterocycles. The van der Waals surface area contributed by atoms with Gasteiger partial charge in [-0.3, -0.25) is 0 Å². The molecule has 0 unspecified atom stereocenters. The van der Waals surface area contributed by atoms with Crippen molar-refractivity contribution in [3.63, 3.8) is 0 Å². The topological polar surface area (TPSA) is 47.9 Å². The van der Waals surface area contributed by atoms with Crippen LogP contribution in [0.1, 0.15) is 22.3 Å². The summed E-state index contributed by atoms with van der Waals surface area (Å²) in [6.07, 6.45) is 1.71. The zero-order valence-electron chi connectivity index (χ0n) is 17.6. The molecule has 0 saturated carbocycles. The zero-order chi connectivity index (χ0) is 21.9. The number of aliphatic imine (C=N–C) groups is 1. The predicted molar refractivity (Wildman–Crippen MR) is 127 cm³/mol. The molecule has 1 aliphatic heterocycles. The van der Waals surface area contributed by atoms with Crippen LogP contribution in [0.2, 0.25) is 0 Å². The molecule has 4 aromatic carbocycles. The molecule has 0 radical (unpaired) electrons. The highest BCUT2D eigenvalue weighted by Gasteiger charge is 2.24. The van der Waals surface area contributed by atoms with E-state index in [9.17, 15) is 4.79 Å². The van der Waals surface area contributed by atoms with Crippen molar-refractivity contribution in [1.82, 2.24) is 0 Å². The highest BCUT2D eigenvalue weighted by Crippen LogP contribution is 2.26. The second-order valence-corrected chi connectivity index (χ2v) is 7.71. The maximum Gasteiger partial charge on any atom is 0.363 e. The molecule has 0 fully saturated rings. The van der Waals surface area contributed by atoms with Gasteiger partial charge in [-0.2, -0.15) is 0 Å². The summed E-state index contributed by atoms with van der Waals surface area (Å²) in [4.78, 5) is 17.0. The standard InChI is InChI=1S/C28H21NO3/c1-19-10-12-20(13-11-19)18-31-26-9-5-4-8-23(26)17-25-28(30)32-27(29-25)24-15-14-21-6-2-3-7-22(21)16-24/h2-17H,18H2,1H3/b25-17-. The van der Waals surface area contributed by atoms with Crippen molar-refractivity contribution in [3.05, 3.63) is 119 Å². The molecule has 32 heavy (non-hydrogen) atoms. The van der Waals surface area contributed by atoms with Gasteiger partial charge in [0.25, 0.3) is 0 Å². The number of hydrogen-bond acceptors (Lipinski definition) is 4. The third kappa shape index (κ3) is 4.16. The van der Waals surface area contributed by atoms with E-state index in [1.165, 1.54) is 5.56 Å². The van der Waals surface area contributed by atoms with E-state index in [0.29, 0.717) is 18.3 Å². The Balaban J connectivity index is 1.41. The Bertz CT molecular complexity index is 1370. The predicted octanol–water partition coefficient (Wildman–Crippen LogP) is 6.07. The van der Waals surface area contributed by atoms with Crippen LogP contribution >= 0.6 is 0 Å². The minimum absolute atomic E-state index is 0.250. The summed E-state index contributed by atoms with van der Waals surface area (Å²) in [7, 11) is 0. The molecule has 0 aromatic heterocycles. The average molecular weight is 419 g/mol. The number of fused-ring (bicyclic) bond motifs is 1. The lowest BCUT2D eigenvalue weighted by molar-refractivity contribution is -0.129. The van der Waals surface area contributed by atoms with E-state index in [2.05, 4.69) is 24.0 Å². The second kappa shape index (κ2) is 8.52. The summed E-state index contributed by atoms with van der Waals surface area (Å²) in [6, 6.07) is 29.7. The first-order chi connectivity index (χ1) is 15.7. The normalized spacial score (nSPS) is 14.5. The quantitative estimate of drug-likeness (QED) is 0.291. The molecular formula is C28H21NO3. The third-order valence-electron chi connectivity index (χ3n) is 5.34. The van der Waals surface area contributed by atoms with E-state index in [1.807, 2.05) is 78.9 Å². The SMILES string of the molecule is Cc1ccc(COc2ccccc2/C=C2\N=C(c3ccc4ccccc4c3)OC2=O)cc1. The van der Waals surface area contributed by atoms with Crippen LogP contribution in [0.5, 0.6) is 5.75 Å². The number of esters is 1. The number of benzene rings is 4. The molecule has 4 nitrogen and oxygen atoms in total. The van der Waals surface area contributed by atoms with Gasteiger partial charge in [0.15, 0.2) is 5.70 Å². The molecule has 0 bridgehead atoms. The highest BCUT2D eigenvalue weighted by atomic mass is 16.6. The summed E-state index contributed by atoms with van der Waals surface area (Å²) in [5.41, 5.74) is 4.08. The molecule has 156 valence electrons. The van der Waals surface area contributed by atoms with Gasteiger partial charge in [0.2, 0.25) is 5.90 Å². The summed E-state index contributed by atoms with van der Waals surface area (Å²) in [5, 5.41) is 2.19. The van der Waals surface area contributed by atoms with Gasteiger partial charge in [-0.1, -0.05) is 78.4 Å². The van der Waals surface area contributed by atoms with Gasteiger partial charge >= 0.3 is 5.97 Å². The summed E-state index contributed by atoms with van der Waals surface area (Å²) in [6.45, 7) is 2.50. The highest BCUT2D eigenvalue weighted by molar-refractivity contribution is 6.13. The van der Waals surface area contributed by atoms with Crippen LogP contribution in [0.25, 0.3) is 16.8 Å². The third-order valence-corrected chi connectivity index (χ3v) is 5.34. The summed E-state index contributed by atoms with van der Waals surface area (Å²) in [5.74, 6) is 0.522. The number of carbonyl (C=O) groups excluding carboxylic acids is 1. The number of ether oxygens (including phenoxy) is 2. The van der Waals surface area contributed by atoms with E-state index in [4.69, 9.17) is 9.47 Å². The van der Waals surface area contributed by atoms with Gasteiger partial charge in [0.05, 0.1) is 0 Å². The molecule has 1 aliphatic rings. The maximum atomic E-state index is 12.5. The van der Waals surface area contributed by atoms with Gasteiger partial charge in [-0.15, -0.1) is 0 Å². The van der Waals surface area contributed by atoms with Crippen LogP contribution in [0.15, 0.2) is 102 Å². The lowest BCUT2D eigenvalue weighted by Crippen LogP contribution is -2.05. The molecule has 0 saturated heterocycles. The number of carbonyl (C=O) groups is 1. The molecule has 0 spiro atoms. The zero-order valence-corrected chi connectivity index (χ0v) is 17.6. The molecule has 0 amide bonds. The van der Waals surface area contributed by atoms with Crippen LogP contribution in [0.3, 0.4) is 0 Å². The van der Waals surface area contributed by atoms with Crippen LogP contribution < -0.4 is 4.74 Å². The Morgan fingerprint density at radius 1 is 0.875 bits per heavy atom. The second-order valence-electron chi connectivity index (χ2n) is 7.71. The molecule has 4 heteroatoms. The van der Waals surface area contributed by atoms with Gasteiger partial charge in [0, 0.05) is 11.1 Å². The van der Waals surface area contributed by atoms with E-state index < -0.39 is 5.97 Å². The molecule has 0 atom stereocenters. The van der Waals surface area contributed by atoms with Crippen LogP contribution in [-0.4, -0.2) is 11.9 Å². The lowest BCUT2D eigenvalue weighted by Gasteiger charge is -2.09. The fourth-order valence-electron chi connectivity index (χ4n) is 3.58. The van der Waals surface area contributed by atoms with E-state index in [1.54, 1.807) is 6.08 Å². The Labute approximate surface area is 186 Å². The van der Waals surface area contributed by atoms with E-state index in [-0.39, 0.29) is 5.70 Å². The first kappa shape index (κ1) is 19.8. The van der Waals surface area contributed by atoms with E-state index >= 15 is 0 Å². The smallest absolute Gasteiger partial charge is 0.363 e. The number of rotatable bonds is 5. The lowest BCUT2D eigenvalue weighted by atomic mass is 10.1. The summed E-state index contributed by atoms with van der Waals surface area (Å²) < 4.78 is 11.5. The number of para-hydroxylation sites is 1. The fraction of sp³-hybridized carbons (Fsp3) is 0.0714. The Morgan fingerprint density at radius 2 is 1.62 bits per heavy atom. The van der Waals surface area contributed by atoms with Gasteiger partial charge in [-0.05, 0) is 47.5 Å². The number of aryl methyl sites for hydroxylation is 1. The minimum Gasteiger partial charge on any atom is -0.488 e. The summed E-state index contributed by atoms with van der Waals surface area (Å²) >= 11 is 0. The van der Waals surface area contributed by atoms with Gasteiger partial charge in [-0.25, -0.2) is 9.79 Å². The van der Waals surface area contributed by atoms with Gasteiger partial charge < -0.3 is 9.47 Å². The number of nitrogens with zero attached hydrogens (tertiary/aromatic N) is 1. The van der Waals surface area contributed by atoms with Crippen LogP contribution in [0, 0.1) is 6.92 Å². The fourth-order valence-corrected chi connectivity index (χ4v) is 3.58. The molecule has 0 aliphatic carbocycles. The van der Waals surface area contributed by atoms with Crippen molar-refractivity contribution in [2.45, 2.75) is 13.5 Å². The maximum absolute atomic E-state index is 12.5. The van der Waals surface area contributed by atoms with Crippen molar-refractivity contribution in [2.75, 3.05) is 0 Å². The van der Waals surface area contributed by atoms with Gasteiger partial charge in [0.1, 0.15) is 12.4 Å². The Kier molecular flexibility index (Phi) is 5.26.